The SMILES string of the molecule is CC(C)(CC(=O)NC1CCc2c(ccc3ccccc23)N(Cc2ccc(-c3ccccc3-c3nnnn3C(c3ccccc3)(c3ccccc3)c3ccccc3)cc2)C1=O)NC(=O)O. The van der Waals surface area contributed by atoms with Gasteiger partial charge in [-0.15, -0.1) is 5.10 Å². The van der Waals surface area contributed by atoms with Gasteiger partial charge in [0.2, 0.25) is 11.8 Å². The molecule has 8 aromatic rings. The highest BCUT2D eigenvalue weighted by molar-refractivity contribution is 6.03. The van der Waals surface area contributed by atoms with Gasteiger partial charge in [0.25, 0.3) is 0 Å². The molecule has 2 heterocycles. The maximum atomic E-state index is 14.6. The normalized spacial score (nSPS) is 14.1. The quantitative estimate of drug-likeness (QED) is 0.104. The summed E-state index contributed by atoms with van der Waals surface area (Å²) in [4.78, 5) is 41.1. The second kappa shape index (κ2) is 17.5. The first kappa shape index (κ1) is 41.4. The van der Waals surface area contributed by atoms with Gasteiger partial charge in [0.1, 0.15) is 11.6 Å². The fourth-order valence-electron chi connectivity index (χ4n) is 9.22. The van der Waals surface area contributed by atoms with Gasteiger partial charge in [-0.05, 0) is 92.9 Å². The number of rotatable bonds is 12. The van der Waals surface area contributed by atoms with Crippen LogP contribution < -0.4 is 15.5 Å². The van der Waals surface area contributed by atoms with E-state index in [4.69, 9.17) is 10.3 Å². The average Bonchev–Trinajstić information content (AvgIpc) is 3.76. The lowest BCUT2D eigenvalue weighted by Gasteiger charge is -2.36. The molecule has 1 unspecified atom stereocenters. The molecule has 1 aromatic heterocycles. The van der Waals surface area contributed by atoms with E-state index in [1.807, 2.05) is 114 Å². The number of amides is 3. The van der Waals surface area contributed by atoms with Crippen LogP contribution >= 0.6 is 0 Å². The highest BCUT2D eigenvalue weighted by Crippen LogP contribution is 2.43. The summed E-state index contributed by atoms with van der Waals surface area (Å²) < 4.78 is 1.94. The molecule has 3 N–H and O–H groups in total. The molecular formula is C53H47N7O4. The molecule has 0 fully saturated rings. The molecule has 0 aliphatic carbocycles. The number of carbonyl (C=O) groups is 3. The number of fused-ring (bicyclic) bond motifs is 3. The summed E-state index contributed by atoms with van der Waals surface area (Å²) in [6.45, 7) is 3.54. The van der Waals surface area contributed by atoms with E-state index < -0.39 is 29.1 Å². The van der Waals surface area contributed by atoms with Gasteiger partial charge in [0, 0.05) is 23.2 Å². The lowest BCUT2D eigenvalue weighted by Crippen LogP contribution is -2.51. The standard InChI is InChI=1S/C53H47N7O4/c1-52(2,55-51(63)64)34-48(61)54-46-32-31-44-42-23-13-12-16-37(42)30-33-47(44)59(50(46)62)35-36-26-28-38(29-27-36)43-24-14-15-25-45(43)49-56-57-58-60(49)53(39-17-6-3-7-18-39,40-19-8-4-9-20-40)41-21-10-5-11-22-41/h3-30,33,46,55H,31-32,34-35H2,1-2H3,(H,54,61)(H,63,64). The average molecular weight is 846 g/mol. The van der Waals surface area contributed by atoms with Crippen LogP contribution in [0, 0.1) is 0 Å². The van der Waals surface area contributed by atoms with Gasteiger partial charge >= 0.3 is 6.09 Å². The Morgan fingerprint density at radius 3 is 1.91 bits per heavy atom. The second-order valence-electron chi connectivity index (χ2n) is 16.8. The van der Waals surface area contributed by atoms with Crippen molar-refractivity contribution in [2.45, 2.75) is 56.8 Å². The van der Waals surface area contributed by atoms with Crippen molar-refractivity contribution in [1.29, 1.82) is 0 Å². The highest BCUT2D eigenvalue weighted by Gasteiger charge is 2.42. The predicted octanol–water partition coefficient (Wildman–Crippen LogP) is 9.40. The van der Waals surface area contributed by atoms with Crippen LogP contribution in [0.4, 0.5) is 10.5 Å². The molecule has 318 valence electrons. The second-order valence-corrected chi connectivity index (χ2v) is 16.8. The molecule has 0 radical (unpaired) electrons. The molecule has 11 heteroatoms. The summed E-state index contributed by atoms with van der Waals surface area (Å²) >= 11 is 0. The van der Waals surface area contributed by atoms with Gasteiger partial charge in [-0.3, -0.25) is 9.59 Å². The fraction of sp³-hybridized carbons (Fsp3) is 0.170. The Balaban J connectivity index is 1.08. The summed E-state index contributed by atoms with van der Waals surface area (Å²) in [5.74, 6) is -0.0488. The van der Waals surface area contributed by atoms with Crippen molar-refractivity contribution in [3.8, 4) is 22.5 Å². The van der Waals surface area contributed by atoms with E-state index in [-0.39, 0.29) is 18.9 Å². The molecule has 3 amide bonds. The fourth-order valence-corrected chi connectivity index (χ4v) is 9.22. The number of hydrogen-bond acceptors (Lipinski definition) is 6. The van der Waals surface area contributed by atoms with Crippen molar-refractivity contribution in [1.82, 2.24) is 30.8 Å². The van der Waals surface area contributed by atoms with Crippen molar-refractivity contribution in [2.24, 2.45) is 0 Å². The van der Waals surface area contributed by atoms with Crippen molar-refractivity contribution in [3.05, 3.63) is 204 Å². The molecule has 64 heavy (non-hydrogen) atoms. The Hall–Kier alpha value is -7.92. The topological polar surface area (TPSA) is 142 Å². The van der Waals surface area contributed by atoms with Crippen LogP contribution in [0.5, 0.6) is 0 Å². The zero-order valence-electron chi connectivity index (χ0n) is 35.6. The number of anilines is 1. The minimum absolute atomic E-state index is 0.125. The van der Waals surface area contributed by atoms with Crippen LogP contribution in [0.1, 0.15) is 54.5 Å². The van der Waals surface area contributed by atoms with Crippen molar-refractivity contribution < 1.29 is 19.5 Å². The van der Waals surface area contributed by atoms with E-state index in [2.05, 4.69) is 82.6 Å². The van der Waals surface area contributed by atoms with Gasteiger partial charge in [-0.2, -0.15) is 0 Å². The first-order valence-electron chi connectivity index (χ1n) is 21.4. The van der Waals surface area contributed by atoms with Crippen LogP contribution in [-0.2, 0) is 28.1 Å². The lowest BCUT2D eigenvalue weighted by molar-refractivity contribution is -0.128. The van der Waals surface area contributed by atoms with Crippen LogP contribution in [0.15, 0.2) is 176 Å². The van der Waals surface area contributed by atoms with Crippen LogP contribution in [0.25, 0.3) is 33.3 Å². The van der Waals surface area contributed by atoms with Gasteiger partial charge in [-0.1, -0.05) is 170 Å². The lowest BCUT2D eigenvalue weighted by atomic mass is 9.77. The molecule has 1 aliphatic heterocycles. The monoisotopic (exact) mass is 845 g/mol. The van der Waals surface area contributed by atoms with Gasteiger partial charge in [-0.25, -0.2) is 9.48 Å². The first-order valence-corrected chi connectivity index (χ1v) is 21.4. The summed E-state index contributed by atoms with van der Waals surface area (Å²) in [6, 6.07) is 58.6. The number of carbonyl (C=O) groups excluding carboxylic acids is 2. The predicted molar refractivity (Wildman–Crippen MR) is 249 cm³/mol. The molecule has 1 aliphatic rings. The van der Waals surface area contributed by atoms with Crippen molar-refractivity contribution in [2.75, 3.05) is 4.90 Å². The van der Waals surface area contributed by atoms with E-state index in [0.717, 1.165) is 61.0 Å². The van der Waals surface area contributed by atoms with Crippen LogP contribution in [0.2, 0.25) is 0 Å². The molecule has 7 aromatic carbocycles. The maximum absolute atomic E-state index is 14.6. The molecule has 11 nitrogen and oxygen atoms in total. The van der Waals surface area contributed by atoms with Crippen LogP contribution in [0.3, 0.4) is 0 Å². The molecule has 0 spiro atoms. The van der Waals surface area contributed by atoms with Gasteiger partial charge in [0.15, 0.2) is 5.82 Å². The molecule has 1 atom stereocenters. The Morgan fingerprint density at radius 1 is 0.703 bits per heavy atom. The van der Waals surface area contributed by atoms with Gasteiger partial charge in [0.05, 0.1) is 6.54 Å². The molecule has 0 saturated carbocycles. The summed E-state index contributed by atoms with van der Waals surface area (Å²) in [5.41, 5.74) is 6.50. The number of carboxylic acid groups (broad SMARTS) is 1. The molecule has 9 rings (SSSR count). The van der Waals surface area contributed by atoms with Crippen molar-refractivity contribution in [3.63, 3.8) is 0 Å². The first-order chi connectivity index (χ1) is 31.1. The number of nitrogens with one attached hydrogen (secondary N) is 2. The number of aromatic nitrogens is 4. The third-order valence-corrected chi connectivity index (χ3v) is 12.1. The van der Waals surface area contributed by atoms with Gasteiger partial charge < -0.3 is 20.6 Å². The maximum Gasteiger partial charge on any atom is 0.405 e. The van der Waals surface area contributed by atoms with E-state index in [1.54, 1.807) is 18.7 Å². The number of hydrogen-bond donors (Lipinski definition) is 3. The number of tetrazole rings is 1. The summed E-state index contributed by atoms with van der Waals surface area (Å²) in [5, 5.41) is 30.6. The van der Waals surface area contributed by atoms with E-state index in [9.17, 15) is 19.5 Å². The molecular weight excluding hydrogens is 799 g/mol. The minimum Gasteiger partial charge on any atom is -0.465 e. The molecule has 0 bridgehead atoms. The zero-order valence-corrected chi connectivity index (χ0v) is 35.6. The van der Waals surface area contributed by atoms with E-state index >= 15 is 0 Å². The number of nitrogens with zero attached hydrogens (tertiary/aromatic N) is 5. The van der Waals surface area contributed by atoms with Crippen LogP contribution in [-0.4, -0.2) is 54.8 Å². The number of benzene rings is 7. The van der Waals surface area contributed by atoms with E-state index in [0.29, 0.717) is 18.7 Å². The third kappa shape index (κ3) is 7.99. The summed E-state index contributed by atoms with van der Waals surface area (Å²) in [7, 11) is 0. The Kier molecular flexibility index (Phi) is 11.3. The summed E-state index contributed by atoms with van der Waals surface area (Å²) in [6.07, 6.45) is -0.386. The molecule has 0 saturated heterocycles. The van der Waals surface area contributed by atoms with Crippen molar-refractivity contribution >= 4 is 34.4 Å². The largest absolute Gasteiger partial charge is 0.465 e. The smallest absolute Gasteiger partial charge is 0.405 e. The Bertz CT molecular complexity index is 2860. The Morgan fingerprint density at radius 2 is 1.28 bits per heavy atom. The van der Waals surface area contributed by atoms with E-state index in [1.165, 1.54) is 0 Å². The Labute approximate surface area is 371 Å². The third-order valence-electron chi connectivity index (χ3n) is 12.1. The number of aryl methyl sites for hydroxylation is 1. The minimum atomic E-state index is -1.22. The highest BCUT2D eigenvalue weighted by atomic mass is 16.4. The zero-order chi connectivity index (χ0) is 44.3.